The number of hydrogen-bond donors (Lipinski definition) is 1. The van der Waals surface area contributed by atoms with Crippen LogP contribution in [-0.2, 0) is 0 Å². The number of benzene rings is 1. The van der Waals surface area contributed by atoms with Crippen LogP contribution in [0, 0.1) is 0 Å². The van der Waals surface area contributed by atoms with Crippen LogP contribution in [0.1, 0.15) is 16.8 Å². The summed E-state index contributed by atoms with van der Waals surface area (Å²) in [7, 11) is 0. The molecule has 0 saturated carbocycles. The normalized spacial score (nSPS) is 10.4. The van der Waals surface area contributed by atoms with E-state index >= 15 is 0 Å². The quantitative estimate of drug-likeness (QED) is 0.695. The Morgan fingerprint density at radius 2 is 2.18 bits per heavy atom. The van der Waals surface area contributed by atoms with E-state index in [4.69, 9.17) is 0 Å². The fourth-order valence-electron chi connectivity index (χ4n) is 1.57. The van der Waals surface area contributed by atoms with Crippen molar-refractivity contribution in [3.8, 4) is 0 Å². The van der Waals surface area contributed by atoms with Gasteiger partial charge in [0.1, 0.15) is 0 Å². The molecule has 0 aliphatic heterocycles. The zero-order valence-corrected chi connectivity index (χ0v) is 10.9. The first-order valence-electron chi connectivity index (χ1n) is 5.50. The second-order valence-electron chi connectivity index (χ2n) is 3.72. The number of nitrogens with zero attached hydrogens (tertiary/aromatic N) is 1. The SMILES string of the molecule is O=C(NCCCBr)c1cnc2ccccc2c1. The summed E-state index contributed by atoms with van der Waals surface area (Å²) >= 11 is 3.32. The van der Waals surface area contributed by atoms with Crippen molar-refractivity contribution >= 4 is 32.7 Å². The molecule has 0 spiro atoms. The van der Waals surface area contributed by atoms with E-state index in [-0.39, 0.29) is 5.91 Å². The van der Waals surface area contributed by atoms with Crippen LogP contribution in [0.25, 0.3) is 10.9 Å². The predicted molar refractivity (Wildman–Crippen MR) is 72.5 cm³/mol. The van der Waals surface area contributed by atoms with Gasteiger partial charge in [0.25, 0.3) is 5.91 Å². The molecule has 0 radical (unpaired) electrons. The van der Waals surface area contributed by atoms with Gasteiger partial charge in [-0.1, -0.05) is 34.1 Å². The molecule has 0 aliphatic carbocycles. The Morgan fingerprint density at radius 1 is 1.35 bits per heavy atom. The predicted octanol–water partition coefficient (Wildman–Crippen LogP) is 2.75. The van der Waals surface area contributed by atoms with Gasteiger partial charge in [-0.15, -0.1) is 0 Å². The highest BCUT2D eigenvalue weighted by Crippen LogP contribution is 2.12. The maximum Gasteiger partial charge on any atom is 0.252 e. The average Bonchev–Trinajstić information content (AvgIpc) is 2.38. The van der Waals surface area contributed by atoms with Gasteiger partial charge in [-0.3, -0.25) is 9.78 Å². The van der Waals surface area contributed by atoms with Gasteiger partial charge < -0.3 is 5.32 Å². The molecular formula is C13H13BrN2O. The van der Waals surface area contributed by atoms with E-state index in [1.54, 1.807) is 6.20 Å². The number of pyridine rings is 1. The first-order valence-corrected chi connectivity index (χ1v) is 6.62. The summed E-state index contributed by atoms with van der Waals surface area (Å²) in [5, 5.41) is 4.73. The minimum absolute atomic E-state index is 0.0656. The maximum atomic E-state index is 11.8. The third-order valence-electron chi connectivity index (χ3n) is 2.45. The Labute approximate surface area is 108 Å². The lowest BCUT2D eigenvalue weighted by Crippen LogP contribution is -2.24. The second kappa shape index (κ2) is 5.77. The highest BCUT2D eigenvalue weighted by Gasteiger charge is 2.05. The summed E-state index contributed by atoms with van der Waals surface area (Å²) in [6, 6.07) is 9.63. The zero-order chi connectivity index (χ0) is 12.1. The van der Waals surface area contributed by atoms with Crippen molar-refractivity contribution in [2.24, 2.45) is 0 Å². The molecule has 2 rings (SSSR count). The summed E-state index contributed by atoms with van der Waals surface area (Å²) in [5.41, 5.74) is 1.52. The van der Waals surface area contributed by atoms with Crippen molar-refractivity contribution in [1.82, 2.24) is 10.3 Å². The van der Waals surface area contributed by atoms with Crippen molar-refractivity contribution in [2.45, 2.75) is 6.42 Å². The molecule has 1 heterocycles. The molecule has 17 heavy (non-hydrogen) atoms. The van der Waals surface area contributed by atoms with E-state index in [2.05, 4.69) is 26.2 Å². The Morgan fingerprint density at radius 3 is 3.00 bits per heavy atom. The lowest BCUT2D eigenvalue weighted by Gasteiger charge is -2.04. The Kier molecular flexibility index (Phi) is 4.09. The Balaban J connectivity index is 2.15. The molecule has 0 saturated heterocycles. The van der Waals surface area contributed by atoms with Crippen LogP contribution in [0.15, 0.2) is 36.5 Å². The van der Waals surface area contributed by atoms with Crippen LogP contribution >= 0.6 is 15.9 Å². The maximum absolute atomic E-state index is 11.8. The van der Waals surface area contributed by atoms with Gasteiger partial charge in [-0.05, 0) is 18.6 Å². The average molecular weight is 293 g/mol. The molecule has 1 aromatic heterocycles. The molecule has 1 N–H and O–H groups in total. The van der Waals surface area contributed by atoms with Crippen molar-refractivity contribution in [2.75, 3.05) is 11.9 Å². The summed E-state index contributed by atoms with van der Waals surface area (Å²) in [5.74, 6) is -0.0656. The monoisotopic (exact) mass is 292 g/mol. The van der Waals surface area contributed by atoms with Gasteiger partial charge in [0, 0.05) is 23.5 Å². The zero-order valence-electron chi connectivity index (χ0n) is 9.32. The van der Waals surface area contributed by atoms with E-state index in [9.17, 15) is 4.79 Å². The molecule has 4 heteroatoms. The van der Waals surface area contributed by atoms with E-state index in [1.165, 1.54) is 0 Å². The van der Waals surface area contributed by atoms with Crippen molar-refractivity contribution in [3.05, 3.63) is 42.1 Å². The lowest BCUT2D eigenvalue weighted by molar-refractivity contribution is 0.0953. The van der Waals surface area contributed by atoms with Crippen molar-refractivity contribution in [1.29, 1.82) is 0 Å². The summed E-state index contributed by atoms with van der Waals surface area (Å²) in [6.45, 7) is 0.677. The van der Waals surface area contributed by atoms with Crippen LogP contribution in [0.4, 0.5) is 0 Å². The summed E-state index contributed by atoms with van der Waals surface area (Å²) in [6.07, 6.45) is 2.54. The van der Waals surface area contributed by atoms with Crippen LogP contribution in [-0.4, -0.2) is 22.8 Å². The molecule has 0 atom stereocenters. The van der Waals surface area contributed by atoms with Crippen LogP contribution in [0.3, 0.4) is 0 Å². The molecule has 3 nitrogen and oxygen atoms in total. The molecular weight excluding hydrogens is 280 g/mol. The molecule has 0 bridgehead atoms. The van der Waals surface area contributed by atoms with Gasteiger partial charge in [0.15, 0.2) is 0 Å². The fraction of sp³-hybridized carbons (Fsp3) is 0.231. The number of alkyl halides is 1. The van der Waals surface area contributed by atoms with Crippen LogP contribution in [0.5, 0.6) is 0 Å². The van der Waals surface area contributed by atoms with E-state index in [1.807, 2.05) is 30.3 Å². The van der Waals surface area contributed by atoms with Crippen molar-refractivity contribution < 1.29 is 4.79 Å². The van der Waals surface area contributed by atoms with Gasteiger partial charge in [0.2, 0.25) is 0 Å². The molecule has 0 fully saturated rings. The van der Waals surface area contributed by atoms with E-state index < -0.39 is 0 Å². The van der Waals surface area contributed by atoms with Crippen LogP contribution < -0.4 is 5.32 Å². The number of hydrogen-bond acceptors (Lipinski definition) is 2. The number of aromatic nitrogens is 1. The number of halogens is 1. The smallest absolute Gasteiger partial charge is 0.252 e. The number of fused-ring (bicyclic) bond motifs is 1. The Hall–Kier alpha value is -1.42. The molecule has 2 aromatic rings. The van der Waals surface area contributed by atoms with Crippen LogP contribution in [0.2, 0.25) is 0 Å². The highest BCUT2D eigenvalue weighted by molar-refractivity contribution is 9.09. The highest BCUT2D eigenvalue weighted by atomic mass is 79.9. The molecule has 0 aliphatic rings. The van der Waals surface area contributed by atoms with E-state index in [0.717, 1.165) is 22.7 Å². The molecule has 1 amide bonds. The number of nitrogens with one attached hydrogen (secondary N) is 1. The lowest BCUT2D eigenvalue weighted by atomic mass is 10.1. The van der Waals surface area contributed by atoms with Gasteiger partial charge >= 0.3 is 0 Å². The largest absolute Gasteiger partial charge is 0.352 e. The number of amides is 1. The standard InChI is InChI=1S/C13H13BrN2O/c14-6-3-7-15-13(17)11-8-10-4-1-2-5-12(10)16-9-11/h1-2,4-5,8-9H,3,6-7H2,(H,15,17). The first-order chi connectivity index (χ1) is 8.31. The minimum Gasteiger partial charge on any atom is -0.352 e. The topological polar surface area (TPSA) is 42.0 Å². The molecule has 0 unspecified atom stereocenters. The fourth-order valence-corrected chi connectivity index (χ4v) is 1.85. The van der Waals surface area contributed by atoms with Crippen molar-refractivity contribution in [3.63, 3.8) is 0 Å². The Bertz CT molecular complexity index is 528. The number of carbonyl (C=O) groups is 1. The third kappa shape index (κ3) is 3.03. The molecule has 1 aromatic carbocycles. The van der Waals surface area contributed by atoms with Gasteiger partial charge in [0.05, 0.1) is 11.1 Å². The third-order valence-corrected chi connectivity index (χ3v) is 3.01. The number of rotatable bonds is 4. The molecule has 88 valence electrons. The number of carbonyl (C=O) groups excluding carboxylic acids is 1. The summed E-state index contributed by atoms with van der Waals surface area (Å²) in [4.78, 5) is 16.1. The first kappa shape index (κ1) is 12.0. The summed E-state index contributed by atoms with van der Waals surface area (Å²) < 4.78 is 0. The number of para-hydroxylation sites is 1. The second-order valence-corrected chi connectivity index (χ2v) is 4.51. The van der Waals surface area contributed by atoms with E-state index in [0.29, 0.717) is 12.1 Å². The minimum atomic E-state index is -0.0656. The van der Waals surface area contributed by atoms with Gasteiger partial charge in [-0.25, -0.2) is 0 Å². The van der Waals surface area contributed by atoms with Gasteiger partial charge in [-0.2, -0.15) is 0 Å².